The molecule has 1 heterocycles. The van der Waals surface area contributed by atoms with Crippen molar-refractivity contribution in [2.45, 2.75) is 25.5 Å². The van der Waals surface area contributed by atoms with Crippen LogP contribution in [0.15, 0.2) is 48.5 Å². The molecule has 1 unspecified atom stereocenters. The first-order valence-electron chi connectivity index (χ1n) is 9.93. The molecule has 1 aliphatic heterocycles. The molecule has 1 aliphatic rings. The lowest BCUT2D eigenvalue weighted by atomic mass is 10.1. The van der Waals surface area contributed by atoms with Crippen molar-refractivity contribution in [1.82, 2.24) is 15.5 Å². The van der Waals surface area contributed by atoms with Crippen molar-refractivity contribution < 1.29 is 9.53 Å². The number of hydrogen-bond acceptors (Lipinski definition) is 3. The molecule has 2 amide bonds. The molecule has 1 saturated heterocycles. The number of nitrogens with one attached hydrogen (secondary N) is 2. The highest BCUT2D eigenvalue weighted by molar-refractivity contribution is 6.42. The number of carbonyl (C=O) groups is 1. The van der Waals surface area contributed by atoms with Crippen LogP contribution in [0.4, 0.5) is 4.79 Å². The molecular weight excluding hydrogens is 409 g/mol. The minimum atomic E-state index is -0.151. The van der Waals surface area contributed by atoms with E-state index in [9.17, 15) is 4.79 Å². The first kappa shape index (κ1) is 21.9. The average molecular weight is 436 g/mol. The van der Waals surface area contributed by atoms with Crippen LogP contribution in [0.25, 0.3) is 0 Å². The molecule has 2 N–H and O–H groups in total. The maximum atomic E-state index is 12.0. The highest BCUT2D eigenvalue weighted by Gasteiger charge is 2.18. The largest absolute Gasteiger partial charge is 0.375 e. The van der Waals surface area contributed by atoms with Crippen LogP contribution in [0.5, 0.6) is 0 Å². The highest BCUT2D eigenvalue weighted by Crippen LogP contribution is 2.23. The van der Waals surface area contributed by atoms with Crippen LogP contribution in [-0.2, 0) is 17.7 Å². The summed E-state index contributed by atoms with van der Waals surface area (Å²) in [5, 5.41) is 6.97. The quantitative estimate of drug-likeness (QED) is 0.687. The second kappa shape index (κ2) is 11.4. The van der Waals surface area contributed by atoms with Crippen molar-refractivity contribution in [1.29, 1.82) is 0 Å². The summed E-state index contributed by atoms with van der Waals surface area (Å²) in [7, 11) is 0. The molecule has 2 aromatic carbocycles. The Kier molecular flexibility index (Phi) is 8.62. The van der Waals surface area contributed by atoms with Crippen LogP contribution in [-0.4, -0.2) is 49.8 Å². The Morgan fingerprint density at radius 1 is 1.03 bits per heavy atom. The van der Waals surface area contributed by atoms with Gasteiger partial charge in [-0.25, -0.2) is 4.79 Å². The van der Waals surface area contributed by atoms with Crippen LogP contribution in [0, 0.1) is 0 Å². The van der Waals surface area contributed by atoms with Gasteiger partial charge in [-0.05, 0) is 36.1 Å². The molecule has 0 saturated carbocycles. The number of ether oxygens (including phenoxy) is 1. The molecule has 0 bridgehead atoms. The molecule has 0 radical (unpaired) electrons. The van der Waals surface area contributed by atoms with Crippen LogP contribution < -0.4 is 10.6 Å². The average Bonchev–Trinajstić information content (AvgIpc) is 2.95. The second-order valence-corrected chi connectivity index (χ2v) is 7.99. The molecule has 29 heavy (non-hydrogen) atoms. The molecule has 1 fully saturated rings. The van der Waals surface area contributed by atoms with E-state index in [2.05, 4.69) is 27.7 Å². The second-order valence-electron chi connectivity index (χ2n) is 7.18. The Hall–Kier alpha value is -1.79. The topological polar surface area (TPSA) is 53.6 Å². The van der Waals surface area contributed by atoms with Gasteiger partial charge in [0.2, 0.25) is 0 Å². The fourth-order valence-electron chi connectivity index (χ4n) is 3.32. The molecular formula is C22H27Cl2N3O2. The Labute approximate surface area is 182 Å². The summed E-state index contributed by atoms with van der Waals surface area (Å²) >= 11 is 12.1. The van der Waals surface area contributed by atoms with Crippen molar-refractivity contribution >= 4 is 29.2 Å². The van der Waals surface area contributed by atoms with Gasteiger partial charge in [-0.15, -0.1) is 0 Å². The zero-order valence-corrected chi connectivity index (χ0v) is 17.9. The predicted molar refractivity (Wildman–Crippen MR) is 118 cm³/mol. The summed E-state index contributed by atoms with van der Waals surface area (Å²) in [4.78, 5) is 14.3. The van der Waals surface area contributed by atoms with E-state index in [0.29, 0.717) is 29.7 Å². The number of benzene rings is 2. The van der Waals surface area contributed by atoms with Crippen molar-refractivity contribution in [3.63, 3.8) is 0 Å². The zero-order chi connectivity index (χ0) is 20.5. The summed E-state index contributed by atoms with van der Waals surface area (Å²) in [5.41, 5.74) is 2.34. The summed E-state index contributed by atoms with van der Waals surface area (Å²) in [6.45, 7) is 4.32. The molecule has 156 valence electrons. The number of rotatable bonds is 7. The van der Waals surface area contributed by atoms with Crippen LogP contribution in [0.1, 0.15) is 17.5 Å². The van der Waals surface area contributed by atoms with Crippen LogP contribution in [0.2, 0.25) is 10.0 Å². The minimum absolute atomic E-state index is 0.0219. The van der Waals surface area contributed by atoms with Gasteiger partial charge in [0.15, 0.2) is 0 Å². The fourth-order valence-corrected chi connectivity index (χ4v) is 3.64. The third-order valence-electron chi connectivity index (χ3n) is 4.95. The molecule has 2 aromatic rings. The SMILES string of the molecule is O=C(NCCc1ccccc1)NCC1CCN(Cc2ccc(Cl)c(Cl)c2)CCO1. The van der Waals surface area contributed by atoms with Crippen molar-refractivity contribution in [2.75, 3.05) is 32.8 Å². The number of halogens is 2. The first-order chi connectivity index (χ1) is 14.1. The number of amides is 2. The summed E-state index contributed by atoms with van der Waals surface area (Å²) in [5.74, 6) is 0. The third kappa shape index (κ3) is 7.52. The summed E-state index contributed by atoms with van der Waals surface area (Å²) in [6.07, 6.45) is 1.71. The lowest BCUT2D eigenvalue weighted by Crippen LogP contribution is -2.41. The maximum Gasteiger partial charge on any atom is 0.314 e. The van der Waals surface area contributed by atoms with Crippen LogP contribution >= 0.6 is 23.2 Å². The van der Waals surface area contributed by atoms with E-state index in [-0.39, 0.29) is 12.1 Å². The lowest BCUT2D eigenvalue weighted by molar-refractivity contribution is 0.0634. The molecule has 5 nitrogen and oxygen atoms in total. The Bertz CT molecular complexity index is 789. The van der Waals surface area contributed by atoms with Gasteiger partial charge in [0.1, 0.15) is 0 Å². The standard InChI is InChI=1S/C22H27Cl2N3O2/c23-20-7-6-18(14-21(20)24)16-27-11-9-19(29-13-12-27)15-26-22(28)25-10-8-17-4-2-1-3-5-17/h1-7,14,19H,8-13,15-16H2,(H2,25,26,28). The Morgan fingerprint density at radius 3 is 2.66 bits per heavy atom. The van der Waals surface area contributed by atoms with E-state index in [1.54, 1.807) is 0 Å². The number of hydrogen-bond donors (Lipinski definition) is 2. The molecule has 1 atom stereocenters. The lowest BCUT2D eigenvalue weighted by Gasteiger charge is -2.19. The van der Waals surface area contributed by atoms with Gasteiger partial charge >= 0.3 is 6.03 Å². The van der Waals surface area contributed by atoms with Gasteiger partial charge < -0.3 is 15.4 Å². The minimum Gasteiger partial charge on any atom is -0.375 e. The van der Waals surface area contributed by atoms with Gasteiger partial charge in [-0.2, -0.15) is 0 Å². The van der Waals surface area contributed by atoms with Crippen molar-refractivity contribution in [3.8, 4) is 0 Å². The van der Waals surface area contributed by atoms with Crippen LogP contribution in [0.3, 0.4) is 0 Å². The normalized spacial score (nSPS) is 17.5. The first-order valence-corrected chi connectivity index (χ1v) is 10.7. The number of nitrogens with zero attached hydrogens (tertiary/aromatic N) is 1. The van der Waals surface area contributed by atoms with E-state index in [4.69, 9.17) is 27.9 Å². The maximum absolute atomic E-state index is 12.0. The van der Waals surface area contributed by atoms with E-state index >= 15 is 0 Å². The smallest absolute Gasteiger partial charge is 0.314 e. The van der Waals surface area contributed by atoms with Gasteiger partial charge in [0, 0.05) is 32.7 Å². The molecule has 0 aromatic heterocycles. The van der Waals surface area contributed by atoms with E-state index < -0.39 is 0 Å². The van der Waals surface area contributed by atoms with Crippen molar-refractivity contribution in [3.05, 3.63) is 69.7 Å². The van der Waals surface area contributed by atoms with E-state index in [1.165, 1.54) is 5.56 Å². The highest BCUT2D eigenvalue weighted by atomic mass is 35.5. The number of urea groups is 1. The summed E-state index contributed by atoms with van der Waals surface area (Å²) in [6, 6.07) is 15.7. The molecule has 0 aliphatic carbocycles. The van der Waals surface area contributed by atoms with E-state index in [0.717, 1.165) is 38.0 Å². The molecule has 7 heteroatoms. The third-order valence-corrected chi connectivity index (χ3v) is 5.69. The Morgan fingerprint density at radius 2 is 1.86 bits per heavy atom. The van der Waals surface area contributed by atoms with Gasteiger partial charge in [-0.3, -0.25) is 4.90 Å². The molecule has 0 spiro atoms. The van der Waals surface area contributed by atoms with Gasteiger partial charge in [-0.1, -0.05) is 59.6 Å². The zero-order valence-electron chi connectivity index (χ0n) is 16.4. The summed E-state index contributed by atoms with van der Waals surface area (Å²) < 4.78 is 5.91. The predicted octanol–water partition coefficient (Wildman–Crippen LogP) is 4.13. The fraction of sp³-hybridized carbons (Fsp3) is 0.409. The van der Waals surface area contributed by atoms with Gasteiger partial charge in [0.05, 0.1) is 22.8 Å². The number of carbonyl (C=O) groups excluding carboxylic acids is 1. The monoisotopic (exact) mass is 435 g/mol. The van der Waals surface area contributed by atoms with E-state index in [1.807, 2.05) is 36.4 Å². The van der Waals surface area contributed by atoms with Crippen molar-refractivity contribution in [2.24, 2.45) is 0 Å². The Balaban J connectivity index is 1.35. The van der Waals surface area contributed by atoms with Gasteiger partial charge in [0.25, 0.3) is 0 Å². The molecule has 3 rings (SSSR count).